The lowest BCUT2D eigenvalue weighted by atomic mass is 9.79. The first kappa shape index (κ1) is 23.5. The number of methoxy groups -OCH3 is 1. The van der Waals surface area contributed by atoms with Crippen molar-refractivity contribution < 1.29 is 23.5 Å². The topological polar surface area (TPSA) is 79.0 Å². The normalized spacial score (nSPS) is 20.9. The van der Waals surface area contributed by atoms with E-state index >= 15 is 4.39 Å². The second-order valence-electron chi connectivity index (χ2n) is 9.25. The van der Waals surface area contributed by atoms with E-state index in [1.165, 1.54) is 31.4 Å². The number of hydrogen-bond donors (Lipinski definition) is 1. The summed E-state index contributed by atoms with van der Waals surface area (Å²) >= 11 is 0. The number of halogens is 1. The molecule has 1 saturated heterocycles. The number of imide groups is 2. The maximum Gasteiger partial charge on any atom is 0.335 e. The highest BCUT2D eigenvalue weighted by Crippen LogP contribution is 2.44. The lowest BCUT2D eigenvalue weighted by Crippen LogP contribution is -2.54. The summed E-state index contributed by atoms with van der Waals surface area (Å²) in [5.41, 5.74) is 1.74. The average Bonchev–Trinajstić information content (AvgIpc) is 2.77. The lowest BCUT2D eigenvalue weighted by molar-refractivity contribution is -0.122. The predicted molar refractivity (Wildman–Crippen MR) is 129 cm³/mol. The van der Waals surface area contributed by atoms with Gasteiger partial charge in [-0.05, 0) is 81.1 Å². The number of amides is 4. The quantitative estimate of drug-likeness (QED) is 0.527. The summed E-state index contributed by atoms with van der Waals surface area (Å²) < 4.78 is 20.4. The van der Waals surface area contributed by atoms with E-state index in [1.54, 1.807) is 18.2 Å². The van der Waals surface area contributed by atoms with Gasteiger partial charge < -0.3 is 9.64 Å². The van der Waals surface area contributed by atoms with E-state index in [2.05, 4.69) is 31.0 Å². The van der Waals surface area contributed by atoms with Crippen molar-refractivity contribution >= 4 is 35.3 Å². The maximum atomic E-state index is 15.2. The smallest absolute Gasteiger partial charge is 0.335 e. The molecule has 0 spiro atoms. The fourth-order valence-electron chi connectivity index (χ4n) is 5.01. The van der Waals surface area contributed by atoms with E-state index in [0.717, 1.165) is 29.1 Å². The minimum absolute atomic E-state index is 0.119. The van der Waals surface area contributed by atoms with Crippen LogP contribution in [-0.4, -0.2) is 37.0 Å². The molecule has 2 heterocycles. The van der Waals surface area contributed by atoms with Gasteiger partial charge in [0.2, 0.25) is 0 Å². The zero-order valence-electron chi connectivity index (χ0n) is 19.9. The molecule has 0 saturated carbocycles. The Bertz CT molecular complexity index is 1200. The third-order valence-corrected chi connectivity index (χ3v) is 6.55. The molecule has 1 N–H and O–H groups in total. The summed E-state index contributed by atoms with van der Waals surface area (Å²) in [6.45, 7) is 9.13. The van der Waals surface area contributed by atoms with Gasteiger partial charge in [-0.1, -0.05) is 6.92 Å². The molecule has 2 aromatic carbocycles. The summed E-state index contributed by atoms with van der Waals surface area (Å²) in [5, 5.41) is 2.17. The molecule has 34 heavy (non-hydrogen) atoms. The molecule has 1 unspecified atom stereocenters. The van der Waals surface area contributed by atoms with Gasteiger partial charge in [0.25, 0.3) is 11.8 Å². The van der Waals surface area contributed by atoms with Crippen LogP contribution in [0.15, 0.2) is 42.0 Å². The highest BCUT2D eigenvalue weighted by Gasteiger charge is 2.38. The first-order valence-electron chi connectivity index (χ1n) is 11.2. The van der Waals surface area contributed by atoms with E-state index in [0.29, 0.717) is 5.75 Å². The fourth-order valence-corrected chi connectivity index (χ4v) is 5.01. The highest BCUT2D eigenvalue weighted by molar-refractivity contribution is 6.39. The van der Waals surface area contributed by atoms with Crippen LogP contribution in [0.5, 0.6) is 5.75 Å². The fraction of sp³-hybridized carbons (Fsp3) is 0.346. The molecule has 2 aromatic rings. The first-order valence-corrected chi connectivity index (χ1v) is 11.2. The standard InChI is InChI=1S/C26H28FN3O4/c1-6-29-22-13-21(27)16(11-19(22)15(2)14-26(29,3)4)12-20-23(31)28-25(33)30(24(20)32)17-7-9-18(34-5)10-8-17/h7-13,15H,6,14H2,1-5H3,(H,28,31,33)/b20-12-. The van der Waals surface area contributed by atoms with Crippen LogP contribution in [0.2, 0.25) is 0 Å². The summed E-state index contributed by atoms with van der Waals surface area (Å²) in [4.78, 5) is 41.2. The highest BCUT2D eigenvalue weighted by atomic mass is 19.1. The molecular weight excluding hydrogens is 437 g/mol. The second-order valence-corrected chi connectivity index (χ2v) is 9.25. The molecule has 4 amide bonds. The van der Waals surface area contributed by atoms with E-state index in [4.69, 9.17) is 4.74 Å². The van der Waals surface area contributed by atoms with Gasteiger partial charge in [0.05, 0.1) is 12.8 Å². The number of urea groups is 1. The van der Waals surface area contributed by atoms with Gasteiger partial charge in [0.1, 0.15) is 17.1 Å². The van der Waals surface area contributed by atoms with E-state index in [9.17, 15) is 14.4 Å². The molecule has 4 rings (SSSR count). The Labute approximate surface area is 198 Å². The summed E-state index contributed by atoms with van der Waals surface area (Å²) in [7, 11) is 1.50. The zero-order valence-corrected chi connectivity index (χ0v) is 19.9. The second kappa shape index (κ2) is 8.59. The van der Waals surface area contributed by atoms with Gasteiger partial charge in [-0.2, -0.15) is 0 Å². The van der Waals surface area contributed by atoms with Crippen molar-refractivity contribution in [1.82, 2.24) is 5.32 Å². The van der Waals surface area contributed by atoms with E-state index in [1.807, 2.05) is 6.92 Å². The third-order valence-electron chi connectivity index (χ3n) is 6.55. The van der Waals surface area contributed by atoms with Gasteiger partial charge in [0, 0.05) is 23.3 Å². The number of carbonyl (C=O) groups is 3. The molecular formula is C26H28FN3O4. The van der Waals surface area contributed by atoms with Gasteiger partial charge in [0.15, 0.2) is 0 Å². The number of ether oxygens (including phenoxy) is 1. The van der Waals surface area contributed by atoms with Gasteiger partial charge in [-0.3, -0.25) is 14.9 Å². The molecule has 0 aromatic heterocycles. The summed E-state index contributed by atoms with van der Waals surface area (Å²) in [6, 6.07) is 8.58. The number of anilines is 2. The van der Waals surface area contributed by atoms with Crippen molar-refractivity contribution in [3.8, 4) is 5.75 Å². The molecule has 2 aliphatic heterocycles. The van der Waals surface area contributed by atoms with Gasteiger partial charge in [-0.25, -0.2) is 14.1 Å². The number of nitrogens with zero attached hydrogens (tertiary/aromatic N) is 2. The third kappa shape index (κ3) is 3.93. The molecule has 2 aliphatic rings. The molecule has 1 atom stereocenters. The molecule has 178 valence electrons. The Balaban J connectivity index is 1.75. The van der Waals surface area contributed by atoms with Crippen LogP contribution in [-0.2, 0) is 9.59 Å². The van der Waals surface area contributed by atoms with Gasteiger partial charge >= 0.3 is 6.03 Å². The number of barbiturate groups is 1. The Morgan fingerprint density at radius 2 is 1.85 bits per heavy atom. The summed E-state index contributed by atoms with van der Waals surface area (Å²) in [6.07, 6.45) is 2.10. The van der Waals surface area contributed by atoms with Crippen LogP contribution >= 0.6 is 0 Å². The number of rotatable bonds is 4. The van der Waals surface area contributed by atoms with Crippen LogP contribution in [0.3, 0.4) is 0 Å². The molecule has 1 fully saturated rings. The van der Waals surface area contributed by atoms with Crippen molar-refractivity contribution in [1.29, 1.82) is 0 Å². The lowest BCUT2D eigenvalue weighted by Gasteiger charge is -2.47. The Hall–Kier alpha value is -3.68. The van der Waals surface area contributed by atoms with Crippen LogP contribution < -0.4 is 19.9 Å². The van der Waals surface area contributed by atoms with E-state index in [-0.39, 0.29) is 28.3 Å². The summed E-state index contributed by atoms with van der Waals surface area (Å²) in [5.74, 6) is -1.50. The largest absolute Gasteiger partial charge is 0.497 e. The van der Waals surface area contributed by atoms with Crippen molar-refractivity contribution in [3.05, 3.63) is 58.9 Å². The van der Waals surface area contributed by atoms with Gasteiger partial charge in [-0.15, -0.1) is 0 Å². The number of benzene rings is 2. The molecule has 7 nitrogen and oxygen atoms in total. The van der Waals surface area contributed by atoms with Crippen LogP contribution in [0.4, 0.5) is 20.6 Å². The molecule has 0 aliphatic carbocycles. The zero-order chi connectivity index (χ0) is 24.8. The molecule has 8 heteroatoms. The van der Waals surface area contributed by atoms with Crippen LogP contribution in [0, 0.1) is 5.82 Å². The Kier molecular flexibility index (Phi) is 5.93. The predicted octanol–water partition coefficient (Wildman–Crippen LogP) is 4.61. The number of carbonyl (C=O) groups excluding carboxylic acids is 3. The monoisotopic (exact) mass is 465 g/mol. The number of fused-ring (bicyclic) bond motifs is 1. The maximum absolute atomic E-state index is 15.2. The van der Waals surface area contributed by atoms with Crippen molar-refractivity contribution in [3.63, 3.8) is 0 Å². The Morgan fingerprint density at radius 1 is 1.18 bits per heavy atom. The molecule has 0 bridgehead atoms. The van der Waals surface area contributed by atoms with Crippen molar-refractivity contribution in [2.24, 2.45) is 0 Å². The minimum Gasteiger partial charge on any atom is -0.497 e. The van der Waals surface area contributed by atoms with Crippen molar-refractivity contribution in [2.45, 2.75) is 45.6 Å². The van der Waals surface area contributed by atoms with Crippen molar-refractivity contribution in [2.75, 3.05) is 23.5 Å². The minimum atomic E-state index is -0.863. The number of hydrogen-bond acceptors (Lipinski definition) is 5. The Morgan fingerprint density at radius 3 is 2.47 bits per heavy atom. The first-order chi connectivity index (χ1) is 16.1. The SMILES string of the molecule is CCN1c2cc(F)c(/C=C3/C(=O)NC(=O)N(c4ccc(OC)cc4)C3=O)cc2C(C)CC1(C)C. The van der Waals surface area contributed by atoms with Crippen LogP contribution in [0.25, 0.3) is 6.08 Å². The van der Waals surface area contributed by atoms with E-state index < -0.39 is 23.7 Å². The number of nitrogens with one attached hydrogen (secondary N) is 1. The van der Waals surface area contributed by atoms with Crippen LogP contribution in [0.1, 0.15) is 51.2 Å². The molecule has 0 radical (unpaired) electrons. The average molecular weight is 466 g/mol.